The van der Waals surface area contributed by atoms with E-state index in [4.69, 9.17) is 4.42 Å². The van der Waals surface area contributed by atoms with Crippen LogP contribution in [0.5, 0.6) is 0 Å². The van der Waals surface area contributed by atoms with Gasteiger partial charge in [-0.05, 0) is 55.6 Å². The van der Waals surface area contributed by atoms with Crippen molar-refractivity contribution in [3.8, 4) is 0 Å². The quantitative estimate of drug-likeness (QED) is 0.665. The molecular weight excluding hydrogens is 376 g/mol. The van der Waals surface area contributed by atoms with Crippen molar-refractivity contribution in [2.24, 2.45) is 0 Å². The molecule has 2 heterocycles. The Kier molecular flexibility index (Phi) is 6.29. The van der Waals surface area contributed by atoms with Crippen molar-refractivity contribution in [3.05, 3.63) is 81.7 Å². The van der Waals surface area contributed by atoms with Gasteiger partial charge in [0.15, 0.2) is 11.2 Å². The van der Waals surface area contributed by atoms with E-state index >= 15 is 0 Å². The summed E-state index contributed by atoms with van der Waals surface area (Å²) in [6.07, 6.45) is 4.45. The maximum absolute atomic E-state index is 12.8. The number of nitrogens with one attached hydrogen (secondary N) is 1. The summed E-state index contributed by atoms with van der Waals surface area (Å²) >= 11 is 0. The van der Waals surface area contributed by atoms with Gasteiger partial charge in [-0.25, -0.2) is 0 Å². The second-order valence-corrected chi connectivity index (χ2v) is 7.89. The Labute approximate surface area is 176 Å². The fraction of sp³-hybridized carbons (Fsp3) is 0.360. The molecule has 0 bridgehead atoms. The van der Waals surface area contributed by atoms with E-state index in [1.54, 1.807) is 6.07 Å². The first-order valence-corrected chi connectivity index (χ1v) is 10.8. The highest BCUT2D eigenvalue weighted by atomic mass is 16.3. The largest absolute Gasteiger partial charge is 0.451 e. The zero-order valence-corrected chi connectivity index (χ0v) is 17.4. The molecule has 0 radical (unpaired) electrons. The number of fused-ring (bicyclic) bond motifs is 1. The maximum atomic E-state index is 12.8. The molecular formula is C25H28N2O3. The topological polar surface area (TPSA) is 62.6 Å². The first kappa shape index (κ1) is 20.4. The van der Waals surface area contributed by atoms with E-state index < -0.39 is 0 Å². The molecule has 0 unspecified atom stereocenters. The third-order valence-corrected chi connectivity index (χ3v) is 5.90. The fourth-order valence-corrected chi connectivity index (χ4v) is 4.17. The summed E-state index contributed by atoms with van der Waals surface area (Å²) in [4.78, 5) is 27.8. The molecule has 4 rings (SSSR count). The van der Waals surface area contributed by atoms with Crippen LogP contribution in [0.2, 0.25) is 0 Å². The Bertz CT molecular complexity index is 1070. The molecule has 0 aliphatic carbocycles. The number of rotatable bonds is 6. The Balaban J connectivity index is 1.54. The predicted molar refractivity (Wildman–Crippen MR) is 119 cm³/mol. The van der Waals surface area contributed by atoms with Crippen molar-refractivity contribution in [2.75, 3.05) is 19.6 Å². The number of likely N-dealkylation sites (tertiary alicyclic amines) is 1. The number of piperidine rings is 1. The van der Waals surface area contributed by atoms with Gasteiger partial charge in [0.2, 0.25) is 0 Å². The number of hydrogen-bond acceptors (Lipinski definition) is 4. The van der Waals surface area contributed by atoms with Gasteiger partial charge in [-0.3, -0.25) is 14.5 Å². The zero-order chi connectivity index (χ0) is 20.9. The number of benzene rings is 2. The van der Waals surface area contributed by atoms with E-state index in [-0.39, 0.29) is 23.1 Å². The minimum Gasteiger partial charge on any atom is -0.451 e. The van der Waals surface area contributed by atoms with Gasteiger partial charge in [0, 0.05) is 12.6 Å². The van der Waals surface area contributed by atoms with Crippen LogP contribution >= 0.6 is 0 Å². The molecule has 30 heavy (non-hydrogen) atoms. The average Bonchev–Trinajstić information content (AvgIpc) is 2.80. The first-order valence-electron chi connectivity index (χ1n) is 10.8. The lowest BCUT2D eigenvalue weighted by Gasteiger charge is -2.35. The minimum atomic E-state index is -0.355. The van der Waals surface area contributed by atoms with Crippen LogP contribution in [0.25, 0.3) is 11.0 Å². The summed E-state index contributed by atoms with van der Waals surface area (Å²) in [7, 11) is 0. The van der Waals surface area contributed by atoms with Crippen LogP contribution in [-0.4, -0.2) is 30.4 Å². The molecule has 5 heteroatoms. The van der Waals surface area contributed by atoms with Gasteiger partial charge in [0.25, 0.3) is 5.91 Å². The predicted octanol–water partition coefficient (Wildman–Crippen LogP) is 4.31. The number of aryl methyl sites for hydroxylation is 1. The normalized spacial score (nSPS) is 15.8. The Morgan fingerprint density at radius 2 is 1.83 bits per heavy atom. The summed E-state index contributed by atoms with van der Waals surface area (Å²) < 4.78 is 5.76. The van der Waals surface area contributed by atoms with Gasteiger partial charge in [0.05, 0.1) is 11.4 Å². The maximum Gasteiger partial charge on any atom is 0.287 e. The summed E-state index contributed by atoms with van der Waals surface area (Å²) in [5, 5.41) is 3.51. The number of hydrogen-bond donors (Lipinski definition) is 1. The van der Waals surface area contributed by atoms with Gasteiger partial charge < -0.3 is 9.73 Å². The summed E-state index contributed by atoms with van der Waals surface area (Å²) in [6.45, 7) is 4.57. The highest BCUT2D eigenvalue weighted by molar-refractivity contribution is 5.93. The molecule has 1 fully saturated rings. The van der Waals surface area contributed by atoms with Crippen molar-refractivity contribution in [2.45, 2.75) is 38.6 Å². The third-order valence-electron chi connectivity index (χ3n) is 5.90. The molecule has 0 saturated carbocycles. The second kappa shape index (κ2) is 9.26. The lowest BCUT2D eigenvalue weighted by molar-refractivity contribution is 0.0897. The number of nitrogens with zero attached hydrogens (tertiary/aromatic N) is 1. The number of carbonyl (C=O) groups excluding carboxylic acids is 1. The van der Waals surface area contributed by atoms with E-state index in [1.807, 2.05) is 37.3 Å². The van der Waals surface area contributed by atoms with Crippen molar-refractivity contribution >= 4 is 16.9 Å². The average molecular weight is 405 g/mol. The Morgan fingerprint density at radius 3 is 2.57 bits per heavy atom. The third kappa shape index (κ3) is 4.46. The van der Waals surface area contributed by atoms with Crippen molar-refractivity contribution in [3.63, 3.8) is 0 Å². The molecule has 3 aromatic rings. The van der Waals surface area contributed by atoms with E-state index in [0.29, 0.717) is 17.5 Å². The zero-order valence-electron chi connectivity index (χ0n) is 17.4. The molecule has 0 spiro atoms. The number of carbonyl (C=O) groups is 1. The molecule has 1 atom stereocenters. The van der Waals surface area contributed by atoms with Gasteiger partial charge >= 0.3 is 0 Å². The van der Waals surface area contributed by atoms with Gasteiger partial charge in [0.1, 0.15) is 5.58 Å². The van der Waals surface area contributed by atoms with Crippen molar-refractivity contribution in [1.82, 2.24) is 10.2 Å². The monoisotopic (exact) mass is 404 g/mol. The number of amides is 1. The molecule has 2 aromatic carbocycles. The highest BCUT2D eigenvalue weighted by Gasteiger charge is 2.23. The van der Waals surface area contributed by atoms with Crippen LogP contribution in [0.4, 0.5) is 0 Å². The van der Waals surface area contributed by atoms with Gasteiger partial charge in [-0.2, -0.15) is 0 Å². The summed E-state index contributed by atoms with van der Waals surface area (Å²) in [5.41, 5.74) is 2.51. The molecule has 5 nitrogen and oxygen atoms in total. The molecule has 1 amide bonds. The van der Waals surface area contributed by atoms with E-state index in [9.17, 15) is 9.59 Å². The first-order chi connectivity index (χ1) is 14.7. The molecule has 1 aliphatic rings. The van der Waals surface area contributed by atoms with Crippen LogP contribution in [0, 0.1) is 0 Å². The van der Waals surface area contributed by atoms with E-state index in [1.165, 1.54) is 30.9 Å². The van der Waals surface area contributed by atoms with E-state index in [0.717, 1.165) is 25.1 Å². The smallest absolute Gasteiger partial charge is 0.287 e. The highest BCUT2D eigenvalue weighted by Crippen LogP contribution is 2.24. The summed E-state index contributed by atoms with van der Waals surface area (Å²) in [5.74, 6) is -0.297. The second-order valence-electron chi connectivity index (χ2n) is 7.89. The molecule has 156 valence electrons. The minimum absolute atomic E-state index is 0.0576. The van der Waals surface area contributed by atoms with E-state index in [2.05, 4.69) is 22.3 Å². The van der Waals surface area contributed by atoms with Crippen molar-refractivity contribution < 1.29 is 9.21 Å². The SMILES string of the molecule is CCc1ccc2oc(C(=O)NC[C@H](c3ccccc3)N3CCCCC3)cc(=O)c2c1. The van der Waals surface area contributed by atoms with Crippen LogP contribution < -0.4 is 10.7 Å². The van der Waals surface area contributed by atoms with Crippen LogP contribution in [0.15, 0.2) is 63.8 Å². The lowest BCUT2D eigenvalue weighted by atomic mass is 10.0. The molecule has 1 N–H and O–H groups in total. The molecule has 1 saturated heterocycles. The summed E-state index contributed by atoms with van der Waals surface area (Å²) in [6, 6.07) is 17.2. The standard InChI is InChI=1S/C25H28N2O3/c1-2-18-11-12-23-20(15-18)22(28)16-24(30-23)25(29)26-17-21(19-9-5-3-6-10-19)27-13-7-4-8-14-27/h3,5-6,9-12,15-16,21H,2,4,7-8,13-14,17H2,1H3,(H,26,29)/t21-/m1/s1. The van der Waals surface area contributed by atoms with Gasteiger partial charge in [-0.15, -0.1) is 0 Å². The fourth-order valence-electron chi connectivity index (χ4n) is 4.17. The Hall–Kier alpha value is -2.92. The molecule has 1 aliphatic heterocycles. The van der Waals surface area contributed by atoms with Crippen molar-refractivity contribution in [1.29, 1.82) is 0 Å². The van der Waals surface area contributed by atoms with Crippen LogP contribution in [-0.2, 0) is 6.42 Å². The molecule has 1 aromatic heterocycles. The lowest BCUT2D eigenvalue weighted by Crippen LogP contribution is -2.40. The van der Waals surface area contributed by atoms with Gasteiger partial charge in [-0.1, -0.05) is 49.7 Å². The van der Waals surface area contributed by atoms with Crippen LogP contribution in [0.1, 0.15) is 53.9 Å². The van der Waals surface area contributed by atoms with Crippen LogP contribution in [0.3, 0.4) is 0 Å². The Morgan fingerprint density at radius 1 is 1.07 bits per heavy atom.